The van der Waals surface area contributed by atoms with Crippen LogP contribution in [0.1, 0.15) is 290 Å². The molecule has 0 radical (unpaired) electrons. The van der Waals surface area contributed by atoms with Gasteiger partial charge in [0.2, 0.25) is 5.91 Å². The van der Waals surface area contributed by atoms with E-state index >= 15 is 0 Å². The zero-order chi connectivity index (χ0) is 50.8. The van der Waals surface area contributed by atoms with E-state index in [1.54, 1.807) is 6.08 Å². The van der Waals surface area contributed by atoms with E-state index < -0.39 is 49.5 Å². The lowest BCUT2D eigenvalue weighted by molar-refractivity contribution is -0.302. The first-order chi connectivity index (χ1) is 34.3. The number of hydrogen-bond donors (Lipinski definition) is 6. The van der Waals surface area contributed by atoms with Crippen LogP contribution < -0.4 is 5.32 Å². The van der Waals surface area contributed by atoms with Gasteiger partial charge in [-0.25, -0.2) is 0 Å². The second-order valence-corrected chi connectivity index (χ2v) is 21.1. The Hall–Kier alpha value is -1.59. The van der Waals surface area contributed by atoms with Gasteiger partial charge >= 0.3 is 0 Å². The third-order valence-electron chi connectivity index (χ3n) is 14.5. The lowest BCUT2D eigenvalue weighted by Crippen LogP contribution is -2.60. The van der Waals surface area contributed by atoms with E-state index in [1.807, 2.05) is 6.08 Å². The van der Waals surface area contributed by atoms with Crippen LogP contribution in [0, 0.1) is 0 Å². The molecule has 0 saturated carbocycles. The fourth-order valence-electron chi connectivity index (χ4n) is 9.66. The maximum absolute atomic E-state index is 13.1. The van der Waals surface area contributed by atoms with Crippen molar-refractivity contribution in [2.75, 3.05) is 13.2 Å². The molecule has 412 valence electrons. The molecule has 9 nitrogen and oxygen atoms in total. The van der Waals surface area contributed by atoms with Gasteiger partial charge in [0.1, 0.15) is 24.4 Å². The van der Waals surface area contributed by atoms with Crippen LogP contribution >= 0.6 is 0 Å². The summed E-state index contributed by atoms with van der Waals surface area (Å²) in [6.07, 6.45) is 59.2. The summed E-state index contributed by atoms with van der Waals surface area (Å²) in [5.41, 5.74) is 0. The smallest absolute Gasteiger partial charge is 0.220 e. The van der Waals surface area contributed by atoms with Gasteiger partial charge in [-0.3, -0.25) is 4.79 Å². The minimum absolute atomic E-state index is 0.173. The number of ether oxygens (including phenoxy) is 2. The summed E-state index contributed by atoms with van der Waals surface area (Å²) in [5, 5.41) is 54.6. The van der Waals surface area contributed by atoms with Crippen molar-refractivity contribution in [1.29, 1.82) is 0 Å². The van der Waals surface area contributed by atoms with Crippen molar-refractivity contribution >= 4 is 5.91 Å². The largest absolute Gasteiger partial charge is 0.394 e. The third-order valence-corrected chi connectivity index (χ3v) is 14.5. The van der Waals surface area contributed by atoms with Crippen molar-refractivity contribution in [2.24, 2.45) is 0 Å². The second-order valence-electron chi connectivity index (χ2n) is 21.1. The van der Waals surface area contributed by atoms with Gasteiger partial charge in [-0.1, -0.05) is 269 Å². The van der Waals surface area contributed by atoms with Crippen LogP contribution in [0.5, 0.6) is 0 Å². The maximum Gasteiger partial charge on any atom is 0.220 e. The van der Waals surface area contributed by atoms with Gasteiger partial charge in [0.15, 0.2) is 6.29 Å². The summed E-state index contributed by atoms with van der Waals surface area (Å²) >= 11 is 0. The highest BCUT2D eigenvalue weighted by molar-refractivity contribution is 5.76. The molecule has 6 N–H and O–H groups in total. The second kappa shape index (κ2) is 50.9. The monoisotopic (exact) mass is 990 g/mol. The molecule has 9 heteroatoms. The highest BCUT2D eigenvalue weighted by Crippen LogP contribution is 2.23. The minimum atomic E-state index is -1.57. The Labute approximate surface area is 431 Å². The Balaban J connectivity index is 2.19. The number of aliphatic hydroxyl groups excluding tert-OH is 5. The number of carbonyl (C=O) groups is 1. The molecule has 1 rings (SSSR count). The third kappa shape index (κ3) is 39.9. The zero-order valence-corrected chi connectivity index (χ0v) is 45.8. The SMILES string of the molecule is CCCCCCC/C=C\C/C=C\CCCCCCCCCCCCCCCCCC(=O)NC(COC1OC(CO)C(O)C(O)C1O)C(O)/C=C/CCCCCCCCCCCCCCCCCCCC. The first-order valence-corrected chi connectivity index (χ1v) is 30.2. The van der Waals surface area contributed by atoms with Gasteiger partial charge in [-0.05, 0) is 51.4 Å². The molecule has 1 amide bonds. The fraction of sp³-hybridized carbons (Fsp3) is 0.885. The quantitative estimate of drug-likeness (QED) is 0.0261. The molecule has 7 unspecified atom stereocenters. The van der Waals surface area contributed by atoms with Gasteiger partial charge in [0, 0.05) is 6.42 Å². The van der Waals surface area contributed by atoms with Crippen molar-refractivity contribution < 1.29 is 39.8 Å². The highest BCUT2D eigenvalue weighted by Gasteiger charge is 2.44. The van der Waals surface area contributed by atoms with E-state index in [0.717, 1.165) is 44.9 Å². The van der Waals surface area contributed by atoms with E-state index in [-0.39, 0.29) is 12.5 Å². The number of hydrogen-bond acceptors (Lipinski definition) is 8. The molecule has 0 aromatic rings. The number of carbonyl (C=O) groups excluding carboxylic acids is 1. The Bertz CT molecular complexity index is 1190. The normalized spacial score (nSPS) is 19.6. The Morgan fingerprint density at radius 1 is 0.486 bits per heavy atom. The molecule has 1 aliphatic rings. The number of allylic oxidation sites excluding steroid dienone is 5. The summed E-state index contributed by atoms with van der Waals surface area (Å²) in [5.74, 6) is -0.173. The molecular weight excluding hydrogens is 875 g/mol. The lowest BCUT2D eigenvalue weighted by Gasteiger charge is -2.40. The molecular formula is C61H115NO8. The summed E-state index contributed by atoms with van der Waals surface area (Å²) in [6.45, 7) is 3.80. The van der Waals surface area contributed by atoms with Crippen molar-refractivity contribution in [2.45, 2.75) is 333 Å². The summed E-state index contributed by atoms with van der Waals surface area (Å²) < 4.78 is 11.3. The van der Waals surface area contributed by atoms with Gasteiger partial charge in [0.25, 0.3) is 0 Å². The Kier molecular flexibility index (Phi) is 48.3. The van der Waals surface area contributed by atoms with E-state index in [9.17, 15) is 30.3 Å². The first-order valence-electron chi connectivity index (χ1n) is 30.2. The van der Waals surface area contributed by atoms with Gasteiger partial charge in [0.05, 0.1) is 25.4 Å². The average Bonchev–Trinajstić information content (AvgIpc) is 3.36. The van der Waals surface area contributed by atoms with E-state index in [4.69, 9.17) is 9.47 Å². The van der Waals surface area contributed by atoms with Crippen LogP contribution in [-0.4, -0.2) is 87.5 Å². The molecule has 0 aromatic heterocycles. The fourth-order valence-corrected chi connectivity index (χ4v) is 9.66. The minimum Gasteiger partial charge on any atom is -0.394 e. The van der Waals surface area contributed by atoms with Crippen molar-refractivity contribution in [3.8, 4) is 0 Å². The van der Waals surface area contributed by atoms with E-state index in [1.165, 1.54) is 225 Å². The number of amides is 1. The maximum atomic E-state index is 13.1. The van der Waals surface area contributed by atoms with Crippen molar-refractivity contribution in [3.63, 3.8) is 0 Å². The standard InChI is InChI=1S/C61H115NO8/c1-3-5-7-9-11-13-15-17-19-21-23-25-26-27-28-29-30-31-33-35-37-39-41-43-45-47-49-51-57(65)62-54(53-69-61-60(68)59(67)58(66)56(52-63)70-61)55(64)50-48-46-44-42-40-38-36-34-32-24-22-20-18-16-14-12-10-8-6-4-2/h15,17,21,23,48,50,54-56,58-61,63-64,66-68H,3-14,16,18-20,22,24-47,49,51-53H2,1-2H3,(H,62,65)/b17-15-,23-21-,50-48+. The molecule has 0 aliphatic carbocycles. The van der Waals surface area contributed by atoms with Crippen LogP contribution in [-0.2, 0) is 14.3 Å². The molecule has 7 atom stereocenters. The van der Waals surface area contributed by atoms with Gasteiger partial charge < -0.3 is 40.3 Å². The first kappa shape index (κ1) is 66.4. The molecule has 1 heterocycles. The zero-order valence-electron chi connectivity index (χ0n) is 45.8. The summed E-state index contributed by atoms with van der Waals surface area (Å²) in [6, 6.07) is -0.804. The highest BCUT2D eigenvalue weighted by atomic mass is 16.7. The van der Waals surface area contributed by atoms with Crippen LogP contribution in [0.2, 0.25) is 0 Å². The Morgan fingerprint density at radius 2 is 0.843 bits per heavy atom. The Morgan fingerprint density at radius 3 is 1.23 bits per heavy atom. The molecule has 1 fully saturated rings. The van der Waals surface area contributed by atoms with Crippen molar-refractivity contribution in [1.82, 2.24) is 5.32 Å². The van der Waals surface area contributed by atoms with Gasteiger partial charge in [-0.15, -0.1) is 0 Å². The van der Waals surface area contributed by atoms with Crippen molar-refractivity contribution in [3.05, 3.63) is 36.5 Å². The lowest BCUT2D eigenvalue weighted by atomic mass is 9.99. The number of nitrogens with one attached hydrogen (secondary N) is 1. The number of rotatable bonds is 52. The van der Waals surface area contributed by atoms with Crippen LogP contribution in [0.15, 0.2) is 36.5 Å². The molecule has 1 aliphatic heterocycles. The van der Waals surface area contributed by atoms with E-state index in [2.05, 4.69) is 43.5 Å². The predicted molar refractivity (Wildman–Crippen MR) is 295 cm³/mol. The molecule has 1 saturated heterocycles. The number of aliphatic hydroxyl groups is 5. The molecule has 0 aromatic carbocycles. The predicted octanol–water partition coefficient (Wildman–Crippen LogP) is 15.1. The van der Waals surface area contributed by atoms with E-state index in [0.29, 0.717) is 6.42 Å². The molecule has 0 spiro atoms. The van der Waals surface area contributed by atoms with Crippen LogP contribution in [0.25, 0.3) is 0 Å². The molecule has 70 heavy (non-hydrogen) atoms. The average molecular weight is 991 g/mol. The topological polar surface area (TPSA) is 149 Å². The van der Waals surface area contributed by atoms with Gasteiger partial charge in [-0.2, -0.15) is 0 Å². The van der Waals surface area contributed by atoms with Crippen LogP contribution in [0.3, 0.4) is 0 Å². The van der Waals surface area contributed by atoms with Crippen LogP contribution in [0.4, 0.5) is 0 Å². The molecule has 0 bridgehead atoms. The summed E-state index contributed by atoms with van der Waals surface area (Å²) in [4.78, 5) is 13.1. The summed E-state index contributed by atoms with van der Waals surface area (Å²) in [7, 11) is 0. The number of unbranched alkanes of at least 4 members (excludes halogenated alkanes) is 38.